The minimum absolute atomic E-state index is 0.102. The van der Waals surface area contributed by atoms with Crippen molar-refractivity contribution in [3.8, 4) is 0 Å². The number of fused-ring (bicyclic) bond motifs is 1. The molecule has 3 fully saturated rings. The molecule has 3 aliphatic heterocycles. The zero-order valence-corrected chi connectivity index (χ0v) is 11.1. The van der Waals surface area contributed by atoms with Crippen molar-refractivity contribution in [3.05, 3.63) is 28.5 Å². The van der Waals surface area contributed by atoms with Gasteiger partial charge in [-0.3, -0.25) is 0 Å². The summed E-state index contributed by atoms with van der Waals surface area (Å²) in [4.78, 5) is 4.42. The molecule has 3 aliphatic rings. The van der Waals surface area contributed by atoms with Gasteiger partial charge in [0.1, 0.15) is 16.9 Å². The summed E-state index contributed by atoms with van der Waals surface area (Å²) in [6.45, 7) is 2.53. The van der Waals surface area contributed by atoms with Crippen molar-refractivity contribution in [2.75, 3.05) is 26.4 Å². The van der Waals surface area contributed by atoms with Gasteiger partial charge in [-0.15, -0.1) is 0 Å². The highest BCUT2D eigenvalue weighted by Crippen LogP contribution is 2.51. The van der Waals surface area contributed by atoms with Crippen LogP contribution in [0.15, 0.2) is 12.1 Å². The van der Waals surface area contributed by atoms with Crippen LogP contribution in [-0.4, -0.2) is 37.5 Å². The van der Waals surface area contributed by atoms with Crippen LogP contribution in [0.4, 0.5) is 0 Å². The lowest BCUT2D eigenvalue weighted by Crippen LogP contribution is -2.25. The number of nitrogens with zero attached hydrogens (tertiary/aromatic N) is 1. The zero-order valence-electron chi connectivity index (χ0n) is 10.3. The second-order valence-corrected chi connectivity index (χ2v) is 5.39. The molecule has 0 amide bonds. The Hall–Kier alpha value is -0.720. The average molecular weight is 284 g/mol. The molecule has 4 rings (SSSR count). The first kappa shape index (κ1) is 12.1. The van der Waals surface area contributed by atoms with Crippen molar-refractivity contribution in [2.45, 2.75) is 24.4 Å². The molecule has 0 N–H and O–H groups in total. The molecule has 0 aliphatic carbocycles. The van der Waals surface area contributed by atoms with E-state index in [0.29, 0.717) is 31.6 Å². The van der Waals surface area contributed by atoms with Gasteiger partial charge in [0.2, 0.25) is 0 Å². The van der Waals surface area contributed by atoms with Crippen molar-refractivity contribution in [1.82, 2.24) is 4.98 Å². The molecule has 102 valence electrons. The zero-order chi connectivity index (χ0) is 12.9. The summed E-state index contributed by atoms with van der Waals surface area (Å²) in [5.41, 5.74) is 1.46. The maximum atomic E-state index is 6.12. The topological polar surface area (TPSA) is 53.1 Å². The highest BCUT2D eigenvalue weighted by Gasteiger charge is 2.60. The van der Waals surface area contributed by atoms with Crippen molar-refractivity contribution in [2.24, 2.45) is 0 Å². The van der Waals surface area contributed by atoms with E-state index in [4.69, 9.17) is 30.5 Å². The summed E-state index contributed by atoms with van der Waals surface area (Å²) in [6.07, 6.45) is 0.578. The molecule has 2 atom stereocenters. The fourth-order valence-electron chi connectivity index (χ4n) is 2.80. The number of epoxide rings is 1. The SMILES string of the molecule is Clc1cc(C2OCCO2)cc(C23CCOCC2O3)n1. The van der Waals surface area contributed by atoms with E-state index in [1.807, 2.05) is 6.07 Å². The summed E-state index contributed by atoms with van der Waals surface area (Å²) < 4.78 is 22.2. The van der Waals surface area contributed by atoms with E-state index >= 15 is 0 Å². The number of ether oxygens (including phenoxy) is 4. The normalized spacial score (nSPS) is 34.3. The van der Waals surface area contributed by atoms with Crippen LogP contribution in [0.1, 0.15) is 24.0 Å². The first-order valence-corrected chi connectivity index (χ1v) is 6.82. The van der Waals surface area contributed by atoms with Gasteiger partial charge in [0.15, 0.2) is 6.29 Å². The standard InChI is InChI=1S/C13H14ClNO4/c14-11-6-8(12-17-3-4-18-12)5-9(15-11)13-1-2-16-7-10(13)19-13/h5-6,10,12H,1-4,7H2. The van der Waals surface area contributed by atoms with Crippen LogP contribution in [-0.2, 0) is 24.5 Å². The molecule has 6 heteroatoms. The van der Waals surface area contributed by atoms with Gasteiger partial charge in [-0.1, -0.05) is 11.6 Å². The lowest BCUT2D eigenvalue weighted by atomic mass is 9.94. The summed E-state index contributed by atoms with van der Waals surface area (Å²) >= 11 is 6.12. The first-order valence-electron chi connectivity index (χ1n) is 6.45. The third kappa shape index (κ3) is 1.97. The van der Waals surface area contributed by atoms with Crippen LogP contribution in [0.25, 0.3) is 0 Å². The monoisotopic (exact) mass is 283 g/mol. The number of halogens is 1. The van der Waals surface area contributed by atoms with Gasteiger partial charge >= 0.3 is 0 Å². The predicted molar refractivity (Wildman–Crippen MR) is 65.9 cm³/mol. The van der Waals surface area contributed by atoms with E-state index in [1.165, 1.54) is 0 Å². The number of hydrogen-bond donors (Lipinski definition) is 0. The molecule has 0 saturated carbocycles. The van der Waals surface area contributed by atoms with Gasteiger partial charge in [0.25, 0.3) is 0 Å². The van der Waals surface area contributed by atoms with Gasteiger partial charge in [-0.2, -0.15) is 0 Å². The summed E-state index contributed by atoms with van der Waals surface area (Å²) in [5, 5.41) is 0.446. The van der Waals surface area contributed by atoms with E-state index in [0.717, 1.165) is 17.7 Å². The highest BCUT2D eigenvalue weighted by atomic mass is 35.5. The van der Waals surface area contributed by atoms with Gasteiger partial charge in [0.05, 0.1) is 25.5 Å². The quantitative estimate of drug-likeness (QED) is 0.612. The molecule has 1 aromatic heterocycles. The van der Waals surface area contributed by atoms with Crippen LogP contribution in [0.2, 0.25) is 5.15 Å². The van der Waals surface area contributed by atoms with Crippen LogP contribution < -0.4 is 0 Å². The van der Waals surface area contributed by atoms with E-state index in [1.54, 1.807) is 6.07 Å². The van der Waals surface area contributed by atoms with Crippen LogP contribution in [0.5, 0.6) is 0 Å². The van der Waals surface area contributed by atoms with Crippen molar-refractivity contribution in [3.63, 3.8) is 0 Å². The number of pyridine rings is 1. The summed E-state index contributed by atoms with van der Waals surface area (Å²) in [7, 11) is 0. The lowest BCUT2D eigenvalue weighted by molar-refractivity contribution is -0.0442. The maximum Gasteiger partial charge on any atom is 0.184 e. The molecular weight excluding hydrogens is 270 g/mol. The minimum Gasteiger partial charge on any atom is -0.378 e. The molecule has 5 nitrogen and oxygen atoms in total. The Morgan fingerprint density at radius 2 is 2.05 bits per heavy atom. The lowest BCUT2D eigenvalue weighted by Gasteiger charge is -2.19. The van der Waals surface area contributed by atoms with Gasteiger partial charge in [-0.25, -0.2) is 4.98 Å². The Morgan fingerprint density at radius 1 is 1.21 bits per heavy atom. The van der Waals surface area contributed by atoms with Crippen molar-refractivity contribution in [1.29, 1.82) is 0 Å². The molecule has 0 aromatic carbocycles. The minimum atomic E-state index is -0.340. The maximum absolute atomic E-state index is 6.12. The molecule has 0 radical (unpaired) electrons. The fourth-order valence-corrected chi connectivity index (χ4v) is 3.01. The third-order valence-corrected chi connectivity index (χ3v) is 4.04. The smallest absolute Gasteiger partial charge is 0.184 e. The van der Waals surface area contributed by atoms with Crippen molar-refractivity contribution >= 4 is 11.6 Å². The molecule has 19 heavy (non-hydrogen) atoms. The van der Waals surface area contributed by atoms with E-state index in [-0.39, 0.29) is 18.0 Å². The Labute approximate surface area is 115 Å². The van der Waals surface area contributed by atoms with Crippen LogP contribution in [0.3, 0.4) is 0 Å². The van der Waals surface area contributed by atoms with Crippen LogP contribution in [0, 0.1) is 0 Å². The van der Waals surface area contributed by atoms with E-state index in [9.17, 15) is 0 Å². The number of rotatable bonds is 2. The number of aromatic nitrogens is 1. The average Bonchev–Trinajstić information content (AvgIpc) is 2.93. The van der Waals surface area contributed by atoms with Gasteiger partial charge in [-0.05, 0) is 12.1 Å². The van der Waals surface area contributed by atoms with E-state index < -0.39 is 0 Å². The second-order valence-electron chi connectivity index (χ2n) is 5.00. The molecule has 4 heterocycles. The Balaban J connectivity index is 1.68. The third-order valence-electron chi connectivity index (χ3n) is 3.85. The molecule has 1 aromatic rings. The summed E-state index contributed by atoms with van der Waals surface area (Å²) in [5.74, 6) is 0. The van der Waals surface area contributed by atoms with E-state index in [2.05, 4.69) is 4.98 Å². The second kappa shape index (κ2) is 4.40. The Morgan fingerprint density at radius 3 is 2.84 bits per heavy atom. The summed E-state index contributed by atoms with van der Waals surface area (Å²) in [6, 6.07) is 3.77. The largest absolute Gasteiger partial charge is 0.378 e. The molecule has 3 saturated heterocycles. The van der Waals surface area contributed by atoms with Gasteiger partial charge in [0, 0.05) is 18.6 Å². The molecular formula is C13H14ClNO4. The number of hydrogen-bond acceptors (Lipinski definition) is 5. The highest BCUT2D eigenvalue weighted by molar-refractivity contribution is 6.29. The fraction of sp³-hybridized carbons (Fsp3) is 0.615. The van der Waals surface area contributed by atoms with Gasteiger partial charge < -0.3 is 18.9 Å². The Bertz CT molecular complexity index is 505. The van der Waals surface area contributed by atoms with Crippen LogP contribution >= 0.6 is 11.6 Å². The Kier molecular flexibility index (Phi) is 2.79. The molecule has 2 unspecified atom stereocenters. The first-order chi connectivity index (χ1) is 9.28. The predicted octanol–water partition coefficient (Wildman–Crippen LogP) is 1.79. The molecule has 0 spiro atoms. The van der Waals surface area contributed by atoms with Crippen molar-refractivity contribution < 1.29 is 18.9 Å². The molecule has 0 bridgehead atoms.